The predicted molar refractivity (Wildman–Crippen MR) is 104 cm³/mol. The molecule has 0 radical (unpaired) electrons. The normalized spacial score (nSPS) is 10.3. The van der Waals surface area contributed by atoms with E-state index < -0.39 is 0 Å². The van der Waals surface area contributed by atoms with Gasteiger partial charge in [-0.15, -0.1) is 0 Å². The van der Waals surface area contributed by atoms with Crippen LogP contribution < -0.4 is 15.4 Å². The number of aryl methyl sites for hydroxylation is 2. The summed E-state index contributed by atoms with van der Waals surface area (Å²) >= 11 is 6.13. The third-order valence-electron chi connectivity index (χ3n) is 3.76. The number of amides is 2. The lowest BCUT2D eigenvalue weighted by atomic mass is 10.1. The molecular formula is C20H23ClN2O3. The lowest BCUT2D eigenvalue weighted by Crippen LogP contribution is -2.27. The van der Waals surface area contributed by atoms with Crippen LogP contribution in [-0.2, 0) is 4.79 Å². The van der Waals surface area contributed by atoms with E-state index in [1.54, 1.807) is 36.4 Å². The smallest absolute Gasteiger partial charge is 0.262 e. The van der Waals surface area contributed by atoms with Gasteiger partial charge in [0.15, 0.2) is 6.61 Å². The molecule has 0 atom stereocenters. The second-order valence-electron chi connectivity index (χ2n) is 6.01. The molecule has 0 bridgehead atoms. The van der Waals surface area contributed by atoms with Gasteiger partial charge in [0, 0.05) is 11.6 Å². The first kappa shape index (κ1) is 19.8. The highest BCUT2D eigenvalue weighted by atomic mass is 35.5. The fourth-order valence-electron chi connectivity index (χ4n) is 2.45. The molecular weight excluding hydrogens is 352 g/mol. The topological polar surface area (TPSA) is 67.4 Å². The SMILES string of the molecule is CCCNC(=O)c1ccccc1NC(=O)COc1cc(C)c(Cl)c(C)c1. The van der Waals surface area contributed by atoms with E-state index in [4.69, 9.17) is 16.3 Å². The van der Waals surface area contributed by atoms with Gasteiger partial charge >= 0.3 is 0 Å². The molecule has 0 aliphatic heterocycles. The van der Waals surface area contributed by atoms with Crippen LogP contribution in [0.5, 0.6) is 5.75 Å². The van der Waals surface area contributed by atoms with E-state index in [1.165, 1.54) is 0 Å². The number of rotatable bonds is 7. The number of ether oxygens (including phenoxy) is 1. The second-order valence-corrected chi connectivity index (χ2v) is 6.39. The summed E-state index contributed by atoms with van der Waals surface area (Å²) in [6.07, 6.45) is 0.841. The molecule has 0 fully saturated rings. The number of carbonyl (C=O) groups excluding carboxylic acids is 2. The largest absolute Gasteiger partial charge is 0.484 e. The van der Waals surface area contributed by atoms with Gasteiger partial charge in [-0.1, -0.05) is 30.7 Å². The van der Waals surface area contributed by atoms with Crippen LogP contribution in [0.4, 0.5) is 5.69 Å². The minimum atomic E-state index is -0.342. The molecule has 0 spiro atoms. The zero-order valence-corrected chi connectivity index (χ0v) is 15.9. The van der Waals surface area contributed by atoms with E-state index in [9.17, 15) is 9.59 Å². The molecule has 0 unspecified atom stereocenters. The summed E-state index contributed by atoms with van der Waals surface area (Å²) in [6.45, 7) is 6.16. The van der Waals surface area contributed by atoms with Gasteiger partial charge in [-0.2, -0.15) is 0 Å². The summed E-state index contributed by atoms with van der Waals surface area (Å²) in [4.78, 5) is 24.4. The zero-order chi connectivity index (χ0) is 19.1. The van der Waals surface area contributed by atoms with Gasteiger partial charge in [-0.05, 0) is 55.7 Å². The molecule has 2 N–H and O–H groups in total. The maximum Gasteiger partial charge on any atom is 0.262 e. The van der Waals surface area contributed by atoms with Crippen LogP contribution in [0.1, 0.15) is 34.8 Å². The molecule has 2 aromatic carbocycles. The van der Waals surface area contributed by atoms with Crippen molar-refractivity contribution in [3.63, 3.8) is 0 Å². The van der Waals surface area contributed by atoms with E-state index in [2.05, 4.69) is 10.6 Å². The minimum Gasteiger partial charge on any atom is -0.484 e. The Kier molecular flexibility index (Phi) is 7.04. The van der Waals surface area contributed by atoms with Crippen LogP contribution in [0.15, 0.2) is 36.4 Å². The van der Waals surface area contributed by atoms with E-state index in [0.717, 1.165) is 17.5 Å². The first-order valence-electron chi connectivity index (χ1n) is 8.49. The van der Waals surface area contributed by atoms with Gasteiger partial charge in [0.2, 0.25) is 0 Å². The monoisotopic (exact) mass is 374 g/mol. The van der Waals surface area contributed by atoms with Crippen LogP contribution >= 0.6 is 11.6 Å². The van der Waals surface area contributed by atoms with E-state index in [-0.39, 0.29) is 18.4 Å². The maximum atomic E-state index is 12.2. The van der Waals surface area contributed by atoms with Crippen molar-refractivity contribution in [2.75, 3.05) is 18.5 Å². The molecule has 0 aliphatic rings. The lowest BCUT2D eigenvalue weighted by molar-refractivity contribution is -0.118. The Hall–Kier alpha value is -2.53. The van der Waals surface area contributed by atoms with Crippen molar-refractivity contribution in [1.29, 1.82) is 0 Å². The summed E-state index contributed by atoms with van der Waals surface area (Å²) in [6, 6.07) is 10.5. The molecule has 0 saturated carbocycles. The average Bonchev–Trinajstić information content (AvgIpc) is 2.62. The summed E-state index contributed by atoms with van der Waals surface area (Å²) in [7, 11) is 0. The van der Waals surface area contributed by atoms with Gasteiger partial charge in [0.25, 0.3) is 11.8 Å². The number of para-hydroxylation sites is 1. The Morgan fingerprint density at radius 1 is 1.12 bits per heavy atom. The fourth-order valence-corrected chi connectivity index (χ4v) is 2.56. The number of hydrogen-bond donors (Lipinski definition) is 2. The third-order valence-corrected chi connectivity index (χ3v) is 4.36. The van der Waals surface area contributed by atoms with Crippen LogP contribution in [0, 0.1) is 13.8 Å². The molecule has 0 aliphatic carbocycles. The molecule has 0 saturated heterocycles. The average molecular weight is 375 g/mol. The molecule has 0 heterocycles. The highest BCUT2D eigenvalue weighted by Gasteiger charge is 2.13. The molecule has 2 rings (SSSR count). The molecule has 138 valence electrons. The van der Waals surface area contributed by atoms with Gasteiger partial charge < -0.3 is 15.4 Å². The van der Waals surface area contributed by atoms with Crippen molar-refractivity contribution in [3.8, 4) is 5.75 Å². The van der Waals surface area contributed by atoms with Crippen LogP contribution in [0.25, 0.3) is 0 Å². The Morgan fingerprint density at radius 3 is 2.42 bits per heavy atom. The molecule has 0 aromatic heterocycles. The van der Waals surface area contributed by atoms with Crippen LogP contribution in [0.2, 0.25) is 5.02 Å². The quantitative estimate of drug-likeness (QED) is 0.766. The summed E-state index contributed by atoms with van der Waals surface area (Å²) < 4.78 is 5.55. The van der Waals surface area contributed by atoms with Crippen molar-refractivity contribution < 1.29 is 14.3 Å². The molecule has 2 aromatic rings. The van der Waals surface area contributed by atoms with Gasteiger partial charge in [-0.3, -0.25) is 9.59 Å². The fraction of sp³-hybridized carbons (Fsp3) is 0.300. The Balaban J connectivity index is 2.01. The summed E-state index contributed by atoms with van der Waals surface area (Å²) in [5.74, 6) is 0.0205. The number of benzene rings is 2. The van der Waals surface area contributed by atoms with E-state index in [1.807, 2.05) is 20.8 Å². The zero-order valence-electron chi connectivity index (χ0n) is 15.2. The van der Waals surface area contributed by atoms with Crippen LogP contribution in [-0.4, -0.2) is 25.0 Å². The highest BCUT2D eigenvalue weighted by molar-refractivity contribution is 6.32. The molecule has 2 amide bonds. The van der Waals surface area contributed by atoms with Crippen molar-refractivity contribution in [1.82, 2.24) is 5.32 Å². The first-order chi connectivity index (χ1) is 12.4. The van der Waals surface area contributed by atoms with Crippen molar-refractivity contribution in [2.45, 2.75) is 27.2 Å². The van der Waals surface area contributed by atoms with Crippen molar-refractivity contribution in [3.05, 3.63) is 58.1 Å². The molecule has 26 heavy (non-hydrogen) atoms. The number of anilines is 1. The van der Waals surface area contributed by atoms with Gasteiger partial charge in [-0.25, -0.2) is 0 Å². The van der Waals surface area contributed by atoms with Crippen LogP contribution in [0.3, 0.4) is 0 Å². The van der Waals surface area contributed by atoms with E-state index in [0.29, 0.717) is 28.6 Å². The van der Waals surface area contributed by atoms with Gasteiger partial charge in [0.1, 0.15) is 5.75 Å². The number of hydrogen-bond acceptors (Lipinski definition) is 3. The highest BCUT2D eigenvalue weighted by Crippen LogP contribution is 2.25. The predicted octanol–water partition coefficient (Wildman–Crippen LogP) is 4.11. The second kappa shape index (κ2) is 9.25. The Labute approximate surface area is 158 Å². The standard InChI is InChI=1S/C20H23ClN2O3/c1-4-9-22-20(25)16-7-5-6-8-17(16)23-18(24)12-26-15-10-13(2)19(21)14(3)11-15/h5-8,10-11H,4,9,12H2,1-3H3,(H,22,25)(H,23,24). The van der Waals surface area contributed by atoms with Gasteiger partial charge in [0.05, 0.1) is 11.3 Å². The molecule has 6 heteroatoms. The summed E-state index contributed by atoms with van der Waals surface area (Å²) in [5, 5.41) is 6.22. The Morgan fingerprint density at radius 2 is 1.77 bits per heavy atom. The lowest BCUT2D eigenvalue weighted by Gasteiger charge is -2.12. The maximum absolute atomic E-state index is 12.2. The third kappa shape index (κ3) is 5.23. The van der Waals surface area contributed by atoms with Crippen molar-refractivity contribution >= 4 is 29.1 Å². The number of halogens is 1. The van der Waals surface area contributed by atoms with Crippen molar-refractivity contribution in [2.24, 2.45) is 0 Å². The number of nitrogens with one attached hydrogen (secondary N) is 2. The molecule has 5 nitrogen and oxygen atoms in total. The number of carbonyl (C=O) groups is 2. The minimum absolute atomic E-state index is 0.161. The Bertz CT molecular complexity index is 782. The van der Waals surface area contributed by atoms with E-state index >= 15 is 0 Å². The summed E-state index contributed by atoms with van der Waals surface area (Å²) in [5.41, 5.74) is 2.66. The first-order valence-corrected chi connectivity index (χ1v) is 8.86.